The lowest BCUT2D eigenvalue weighted by Gasteiger charge is -2.36. The van der Waals surface area contributed by atoms with Crippen molar-refractivity contribution >= 4 is 0 Å². The Bertz CT molecular complexity index is 537. The van der Waals surface area contributed by atoms with E-state index in [4.69, 9.17) is 5.26 Å². The molecular weight excluding hydrogens is 253 g/mol. The highest BCUT2D eigenvalue weighted by Gasteiger charge is 2.37. The Balaban J connectivity index is 1.78. The van der Waals surface area contributed by atoms with Crippen molar-refractivity contribution in [3.05, 3.63) is 35.1 Å². The van der Waals surface area contributed by atoms with Crippen LogP contribution in [0.5, 0.6) is 0 Å². The van der Waals surface area contributed by atoms with E-state index in [1.54, 1.807) is 6.07 Å². The van der Waals surface area contributed by atoms with Crippen molar-refractivity contribution in [2.24, 2.45) is 5.92 Å². The molecule has 3 rings (SSSR count). The van der Waals surface area contributed by atoms with Gasteiger partial charge >= 0.3 is 0 Å². The zero-order valence-electron chi connectivity index (χ0n) is 11.8. The minimum atomic E-state index is -0.254. The second-order valence-electron chi connectivity index (χ2n) is 6.05. The molecule has 3 nitrogen and oxygen atoms in total. The van der Waals surface area contributed by atoms with Crippen LogP contribution in [0.1, 0.15) is 24.0 Å². The number of benzene rings is 1. The molecule has 0 aromatic heterocycles. The Kier molecular flexibility index (Phi) is 3.73. The van der Waals surface area contributed by atoms with Gasteiger partial charge in [-0.15, -0.1) is 0 Å². The van der Waals surface area contributed by atoms with Gasteiger partial charge in [0.2, 0.25) is 0 Å². The number of hydrogen-bond acceptors (Lipinski definition) is 3. The van der Waals surface area contributed by atoms with Gasteiger partial charge in [0.05, 0.1) is 11.6 Å². The summed E-state index contributed by atoms with van der Waals surface area (Å²) in [6, 6.07) is 7.20. The zero-order valence-corrected chi connectivity index (χ0v) is 11.8. The van der Waals surface area contributed by atoms with E-state index in [1.807, 2.05) is 0 Å². The third-order valence-electron chi connectivity index (χ3n) is 4.74. The molecule has 2 aliphatic rings. The maximum atomic E-state index is 13.4. The lowest BCUT2D eigenvalue weighted by molar-refractivity contribution is 0.118. The van der Waals surface area contributed by atoms with Crippen molar-refractivity contribution in [2.45, 2.75) is 25.4 Å². The van der Waals surface area contributed by atoms with Crippen LogP contribution in [-0.4, -0.2) is 42.5 Å². The van der Waals surface area contributed by atoms with Crippen molar-refractivity contribution in [1.29, 1.82) is 5.26 Å². The highest BCUT2D eigenvalue weighted by Crippen LogP contribution is 2.32. The van der Waals surface area contributed by atoms with Crippen molar-refractivity contribution < 1.29 is 4.39 Å². The maximum Gasteiger partial charge on any atom is 0.123 e. The Hall–Kier alpha value is -1.44. The number of hydrogen-bond donors (Lipinski definition) is 0. The van der Waals surface area contributed by atoms with Crippen LogP contribution in [0.3, 0.4) is 0 Å². The second kappa shape index (κ2) is 5.51. The normalized spacial score (nSPS) is 27.2. The van der Waals surface area contributed by atoms with Crippen molar-refractivity contribution in [1.82, 2.24) is 9.80 Å². The summed E-state index contributed by atoms with van der Waals surface area (Å²) in [6.45, 7) is 4.01. The van der Waals surface area contributed by atoms with Crippen molar-refractivity contribution in [2.75, 3.05) is 26.7 Å². The maximum absolute atomic E-state index is 13.4. The van der Waals surface area contributed by atoms with E-state index < -0.39 is 0 Å². The molecule has 0 spiro atoms. The second-order valence-corrected chi connectivity index (χ2v) is 6.05. The molecule has 0 bridgehead atoms. The van der Waals surface area contributed by atoms with Gasteiger partial charge in [0, 0.05) is 19.1 Å². The van der Waals surface area contributed by atoms with Gasteiger partial charge in [-0.3, -0.25) is 4.90 Å². The minimum absolute atomic E-state index is 0.254. The lowest BCUT2D eigenvalue weighted by Crippen LogP contribution is -2.46. The van der Waals surface area contributed by atoms with Crippen molar-refractivity contribution in [3.8, 4) is 6.07 Å². The first-order valence-corrected chi connectivity index (χ1v) is 7.28. The average Bonchev–Trinajstić information content (AvgIpc) is 2.82. The Morgan fingerprint density at radius 2 is 2.15 bits per heavy atom. The van der Waals surface area contributed by atoms with E-state index in [2.05, 4.69) is 22.9 Å². The largest absolute Gasteiger partial charge is 0.305 e. The summed E-state index contributed by atoms with van der Waals surface area (Å²) < 4.78 is 13.4. The molecule has 2 heterocycles. The molecular formula is C16H20FN3. The van der Waals surface area contributed by atoms with Gasteiger partial charge in [0.15, 0.2) is 0 Å². The van der Waals surface area contributed by atoms with Gasteiger partial charge in [-0.2, -0.15) is 5.26 Å². The molecule has 1 aromatic rings. The predicted molar refractivity (Wildman–Crippen MR) is 75.5 cm³/mol. The van der Waals surface area contributed by atoms with Crippen LogP contribution in [0.25, 0.3) is 0 Å². The lowest BCUT2D eigenvalue weighted by atomic mass is 9.92. The first-order chi connectivity index (χ1) is 9.67. The average molecular weight is 273 g/mol. The van der Waals surface area contributed by atoms with E-state index in [-0.39, 0.29) is 5.82 Å². The van der Waals surface area contributed by atoms with Gasteiger partial charge in [0.1, 0.15) is 5.82 Å². The molecule has 2 atom stereocenters. The summed E-state index contributed by atoms with van der Waals surface area (Å²) in [5, 5.41) is 9.16. The minimum Gasteiger partial charge on any atom is -0.305 e. The number of rotatable bonds is 2. The third-order valence-corrected chi connectivity index (χ3v) is 4.74. The predicted octanol–water partition coefficient (Wildman–Crippen LogP) is 2.22. The fraction of sp³-hybridized carbons (Fsp3) is 0.562. The van der Waals surface area contributed by atoms with Crippen LogP contribution in [0, 0.1) is 23.1 Å². The summed E-state index contributed by atoms with van der Waals surface area (Å²) in [5.41, 5.74) is 1.42. The molecule has 4 heteroatoms. The molecule has 20 heavy (non-hydrogen) atoms. The molecule has 2 unspecified atom stereocenters. The van der Waals surface area contributed by atoms with Crippen LogP contribution in [0.2, 0.25) is 0 Å². The van der Waals surface area contributed by atoms with Crippen LogP contribution in [-0.2, 0) is 6.54 Å². The third kappa shape index (κ3) is 2.56. The van der Waals surface area contributed by atoms with E-state index in [1.165, 1.54) is 31.5 Å². The van der Waals surface area contributed by atoms with Crippen LogP contribution in [0.4, 0.5) is 4.39 Å². The summed E-state index contributed by atoms with van der Waals surface area (Å²) in [6.07, 6.45) is 2.49. The molecule has 0 amide bonds. The highest BCUT2D eigenvalue weighted by molar-refractivity contribution is 5.37. The Morgan fingerprint density at radius 3 is 2.95 bits per heavy atom. The number of likely N-dealkylation sites (N-methyl/N-ethyl adjacent to an activating group) is 1. The van der Waals surface area contributed by atoms with Gasteiger partial charge in [0.25, 0.3) is 0 Å². The summed E-state index contributed by atoms with van der Waals surface area (Å²) in [4.78, 5) is 4.80. The van der Waals surface area contributed by atoms with Gasteiger partial charge in [-0.25, -0.2) is 4.39 Å². The van der Waals surface area contributed by atoms with E-state index in [9.17, 15) is 4.39 Å². The molecule has 106 valence electrons. The van der Waals surface area contributed by atoms with Crippen LogP contribution in [0.15, 0.2) is 18.2 Å². The van der Waals surface area contributed by atoms with Crippen LogP contribution < -0.4 is 0 Å². The number of piperidine rings is 1. The van der Waals surface area contributed by atoms with E-state index >= 15 is 0 Å². The number of halogens is 1. The SMILES string of the molecule is CN1CCC2CCN(Cc3cc(F)ccc3C#N)C2C1. The first kappa shape index (κ1) is 13.5. The Morgan fingerprint density at radius 1 is 1.35 bits per heavy atom. The number of fused-ring (bicyclic) bond motifs is 1. The standard InChI is InChI=1S/C16H20FN3/c1-19-6-4-12-5-7-20(16(12)11-19)10-14-8-15(17)3-2-13(14)9-18/h2-3,8,12,16H,4-7,10-11H2,1H3. The monoisotopic (exact) mass is 273 g/mol. The van der Waals surface area contributed by atoms with Gasteiger partial charge in [-0.1, -0.05) is 0 Å². The topological polar surface area (TPSA) is 30.3 Å². The molecule has 0 N–H and O–H groups in total. The fourth-order valence-electron chi connectivity index (χ4n) is 3.60. The van der Waals surface area contributed by atoms with Gasteiger partial charge < -0.3 is 4.90 Å². The highest BCUT2D eigenvalue weighted by atomic mass is 19.1. The number of likely N-dealkylation sites (tertiary alicyclic amines) is 2. The van der Waals surface area contributed by atoms with E-state index in [0.717, 1.165) is 24.6 Å². The molecule has 2 saturated heterocycles. The number of nitriles is 1. The van der Waals surface area contributed by atoms with Crippen molar-refractivity contribution in [3.63, 3.8) is 0 Å². The summed E-state index contributed by atoms with van der Waals surface area (Å²) in [7, 11) is 2.16. The van der Waals surface area contributed by atoms with E-state index in [0.29, 0.717) is 18.2 Å². The summed E-state index contributed by atoms with van der Waals surface area (Å²) >= 11 is 0. The molecule has 2 fully saturated rings. The first-order valence-electron chi connectivity index (χ1n) is 7.28. The quantitative estimate of drug-likeness (QED) is 0.827. The zero-order chi connectivity index (χ0) is 14.1. The summed E-state index contributed by atoms with van der Waals surface area (Å²) in [5.74, 6) is 0.515. The Labute approximate surface area is 119 Å². The molecule has 0 saturated carbocycles. The molecule has 2 aliphatic heterocycles. The molecule has 1 aromatic carbocycles. The smallest absolute Gasteiger partial charge is 0.123 e. The molecule has 0 radical (unpaired) electrons. The fourth-order valence-corrected chi connectivity index (χ4v) is 3.60. The van der Waals surface area contributed by atoms with Gasteiger partial charge in [-0.05, 0) is 62.7 Å². The molecule has 0 aliphatic carbocycles. The van der Waals surface area contributed by atoms with Crippen LogP contribution >= 0.6 is 0 Å². The number of nitrogens with zero attached hydrogens (tertiary/aromatic N) is 3.